The number of ketones is 1. The first-order chi connectivity index (χ1) is 10.1. The van der Waals surface area contributed by atoms with E-state index in [1.807, 2.05) is 30.3 Å². The molecular formula is C17H11Cl2NO. The van der Waals surface area contributed by atoms with Crippen molar-refractivity contribution in [3.05, 3.63) is 76.0 Å². The number of nitrogens with zero attached hydrogens (tertiary/aromatic N) is 1. The highest BCUT2D eigenvalue weighted by Gasteiger charge is 2.13. The molecule has 0 amide bonds. The van der Waals surface area contributed by atoms with Crippen molar-refractivity contribution >= 4 is 39.8 Å². The lowest BCUT2D eigenvalue weighted by atomic mass is 10.0. The zero-order valence-electron chi connectivity index (χ0n) is 11.0. The normalized spacial score (nSPS) is 10.8. The van der Waals surface area contributed by atoms with Crippen molar-refractivity contribution in [3.63, 3.8) is 0 Å². The zero-order valence-corrected chi connectivity index (χ0v) is 12.5. The number of hydrogen-bond donors (Lipinski definition) is 0. The first-order valence-electron chi connectivity index (χ1n) is 6.46. The molecule has 0 bridgehead atoms. The zero-order chi connectivity index (χ0) is 14.8. The molecule has 0 aliphatic rings. The summed E-state index contributed by atoms with van der Waals surface area (Å²) < 4.78 is 0. The van der Waals surface area contributed by atoms with Crippen LogP contribution in [0.25, 0.3) is 10.8 Å². The summed E-state index contributed by atoms with van der Waals surface area (Å²) in [7, 11) is 0. The van der Waals surface area contributed by atoms with Crippen LogP contribution in [0, 0.1) is 0 Å². The minimum absolute atomic E-state index is 0.0369. The monoisotopic (exact) mass is 315 g/mol. The Balaban J connectivity index is 1.95. The van der Waals surface area contributed by atoms with E-state index in [0.717, 1.165) is 16.3 Å². The first kappa shape index (κ1) is 14.1. The van der Waals surface area contributed by atoms with Gasteiger partial charge < -0.3 is 0 Å². The lowest BCUT2D eigenvalue weighted by molar-refractivity contribution is 0.0990. The molecule has 0 unspecified atom stereocenters. The van der Waals surface area contributed by atoms with E-state index in [9.17, 15) is 4.79 Å². The number of carbonyl (C=O) groups excluding carboxylic acids is 1. The molecule has 0 radical (unpaired) electrons. The molecule has 0 saturated heterocycles. The minimum Gasteiger partial charge on any atom is -0.292 e. The van der Waals surface area contributed by atoms with Crippen molar-refractivity contribution in [2.45, 2.75) is 6.42 Å². The highest BCUT2D eigenvalue weighted by Crippen LogP contribution is 2.24. The SMILES string of the molecule is O=C(Cc1ccc(Cl)c(Cl)c1)c1nccc2ccccc12. The van der Waals surface area contributed by atoms with Crippen LogP contribution in [0.15, 0.2) is 54.7 Å². The summed E-state index contributed by atoms with van der Waals surface area (Å²) >= 11 is 11.9. The van der Waals surface area contributed by atoms with E-state index in [1.165, 1.54) is 0 Å². The minimum atomic E-state index is -0.0369. The summed E-state index contributed by atoms with van der Waals surface area (Å²) in [5.74, 6) is -0.0369. The van der Waals surface area contributed by atoms with Crippen LogP contribution in [0.3, 0.4) is 0 Å². The summed E-state index contributed by atoms with van der Waals surface area (Å²) in [5.41, 5.74) is 1.31. The molecule has 2 aromatic carbocycles. The number of fused-ring (bicyclic) bond motifs is 1. The van der Waals surface area contributed by atoms with Crippen LogP contribution in [0.5, 0.6) is 0 Å². The van der Waals surface area contributed by atoms with Gasteiger partial charge in [-0.25, -0.2) is 0 Å². The topological polar surface area (TPSA) is 30.0 Å². The van der Waals surface area contributed by atoms with Gasteiger partial charge in [-0.15, -0.1) is 0 Å². The lowest BCUT2D eigenvalue weighted by Gasteiger charge is -2.06. The predicted octanol–water partition coefficient (Wildman–Crippen LogP) is 4.97. The summed E-state index contributed by atoms with van der Waals surface area (Å²) in [5, 5.41) is 2.80. The number of halogens is 2. The molecule has 0 aliphatic heterocycles. The van der Waals surface area contributed by atoms with Crippen molar-refractivity contribution in [2.24, 2.45) is 0 Å². The van der Waals surface area contributed by atoms with E-state index in [1.54, 1.807) is 24.4 Å². The van der Waals surface area contributed by atoms with E-state index >= 15 is 0 Å². The van der Waals surface area contributed by atoms with Crippen LogP contribution in [0.2, 0.25) is 10.0 Å². The number of Topliss-reactive ketones (excluding diaryl/α,β-unsaturated/α-hetero) is 1. The third-order valence-corrected chi connectivity index (χ3v) is 4.03. The van der Waals surface area contributed by atoms with Gasteiger partial charge in [0.05, 0.1) is 10.0 Å². The second kappa shape index (κ2) is 5.84. The maximum absolute atomic E-state index is 12.5. The standard InChI is InChI=1S/C17H11Cl2NO/c18-14-6-5-11(9-15(14)19)10-16(21)17-13-4-2-1-3-12(13)7-8-20-17/h1-9H,10H2. The number of pyridine rings is 1. The maximum Gasteiger partial charge on any atom is 0.186 e. The van der Waals surface area contributed by atoms with Gasteiger partial charge in [-0.3, -0.25) is 9.78 Å². The molecule has 1 heterocycles. The largest absolute Gasteiger partial charge is 0.292 e. The number of benzene rings is 2. The molecule has 0 fully saturated rings. The number of carbonyl (C=O) groups is 1. The molecule has 0 saturated carbocycles. The molecule has 0 spiro atoms. The fourth-order valence-electron chi connectivity index (χ4n) is 2.26. The van der Waals surface area contributed by atoms with Crippen molar-refractivity contribution < 1.29 is 4.79 Å². The fraction of sp³-hybridized carbons (Fsp3) is 0.0588. The van der Waals surface area contributed by atoms with E-state index in [-0.39, 0.29) is 12.2 Å². The van der Waals surface area contributed by atoms with Crippen LogP contribution >= 0.6 is 23.2 Å². The summed E-state index contributed by atoms with van der Waals surface area (Å²) in [6, 6.07) is 14.8. The van der Waals surface area contributed by atoms with Gasteiger partial charge in [0.25, 0.3) is 0 Å². The Hall–Kier alpha value is -1.90. The Labute approximate surface area is 132 Å². The molecule has 0 aliphatic carbocycles. The number of aromatic nitrogens is 1. The molecule has 21 heavy (non-hydrogen) atoms. The molecule has 0 atom stereocenters. The van der Waals surface area contributed by atoms with Gasteiger partial charge in [0, 0.05) is 18.0 Å². The smallest absolute Gasteiger partial charge is 0.186 e. The fourth-order valence-corrected chi connectivity index (χ4v) is 2.58. The van der Waals surface area contributed by atoms with E-state index in [0.29, 0.717) is 15.7 Å². The molecular weight excluding hydrogens is 305 g/mol. The van der Waals surface area contributed by atoms with Gasteiger partial charge >= 0.3 is 0 Å². The Kier molecular flexibility index (Phi) is 3.91. The lowest BCUT2D eigenvalue weighted by Crippen LogP contribution is -2.06. The van der Waals surface area contributed by atoms with Crippen molar-refractivity contribution in [3.8, 4) is 0 Å². The number of rotatable bonds is 3. The quantitative estimate of drug-likeness (QED) is 0.639. The molecule has 104 valence electrons. The average molecular weight is 316 g/mol. The van der Waals surface area contributed by atoms with Gasteiger partial charge in [0.2, 0.25) is 0 Å². The van der Waals surface area contributed by atoms with Gasteiger partial charge in [0.15, 0.2) is 5.78 Å². The molecule has 0 N–H and O–H groups in total. The van der Waals surface area contributed by atoms with E-state index < -0.39 is 0 Å². The third-order valence-electron chi connectivity index (χ3n) is 3.29. The Morgan fingerprint density at radius 3 is 2.62 bits per heavy atom. The highest BCUT2D eigenvalue weighted by atomic mass is 35.5. The van der Waals surface area contributed by atoms with Crippen LogP contribution < -0.4 is 0 Å². The Morgan fingerprint density at radius 2 is 1.81 bits per heavy atom. The second-order valence-electron chi connectivity index (χ2n) is 4.73. The Bertz CT molecular complexity index is 825. The molecule has 4 heteroatoms. The molecule has 3 rings (SSSR count). The predicted molar refractivity (Wildman–Crippen MR) is 86.2 cm³/mol. The number of hydrogen-bond acceptors (Lipinski definition) is 2. The van der Waals surface area contributed by atoms with Crippen LogP contribution in [-0.2, 0) is 6.42 Å². The van der Waals surface area contributed by atoms with Crippen molar-refractivity contribution in [2.75, 3.05) is 0 Å². The molecule has 1 aromatic heterocycles. The van der Waals surface area contributed by atoms with Crippen LogP contribution in [0.4, 0.5) is 0 Å². The third kappa shape index (κ3) is 2.92. The Morgan fingerprint density at radius 1 is 1.00 bits per heavy atom. The summed E-state index contributed by atoms with van der Waals surface area (Å²) in [6.07, 6.45) is 1.91. The first-order valence-corrected chi connectivity index (χ1v) is 7.21. The van der Waals surface area contributed by atoms with Gasteiger partial charge in [-0.1, -0.05) is 53.5 Å². The van der Waals surface area contributed by atoms with Gasteiger partial charge in [-0.2, -0.15) is 0 Å². The van der Waals surface area contributed by atoms with Crippen LogP contribution in [-0.4, -0.2) is 10.8 Å². The maximum atomic E-state index is 12.5. The second-order valence-corrected chi connectivity index (χ2v) is 5.54. The summed E-state index contributed by atoms with van der Waals surface area (Å²) in [4.78, 5) is 16.7. The average Bonchev–Trinajstić information content (AvgIpc) is 2.50. The summed E-state index contributed by atoms with van der Waals surface area (Å²) in [6.45, 7) is 0. The molecule has 2 nitrogen and oxygen atoms in total. The highest BCUT2D eigenvalue weighted by molar-refractivity contribution is 6.42. The van der Waals surface area contributed by atoms with E-state index in [2.05, 4.69) is 4.98 Å². The van der Waals surface area contributed by atoms with Crippen LogP contribution in [0.1, 0.15) is 16.1 Å². The van der Waals surface area contributed by atoms with Gasteiger partial charge in [0.1, 0.15) is 5.69 Å². The van der Waals surface area contributed by atoms with Gasteiger partial charge in [-0.05, 0) is 29.1 Å². The van der Waals surface area contributed by atoms with E-state index in [4.69, 9.17) is 23.2 Å². The van der Waals surface area contributed by atoms with Crippen molar-refractivity contribution in [1.29, 1.82) is 0 Å². The van der Waals surface area contributed by atoms with Crippen molar-refractivity contribution in [1.82, 2.24) is 4.98 Å². The molecule has 3 aromatic rings.